The highest BCUT2D eigenvalue weighted by Gasteiger charge is 2.54. The van der Waals surface area contributed by atoms with E-state index in [0.717, 1.165) is 32.9 Å². The Labute approximate surface area is 281 Å². The number of nitrogens with one attached hydrogen (secondary N) is 2. The second-order valence-corrected chi connectivity index (χ2v) is 12.5. The standard InChI is InChI=1S/C34H27F2N5O5S2/c1-2-20-18-47-30-26(29(43)41(30)27(20)31(44)45)38-28(42)25(40-46-32(35)36)24-19-48-33(37-24)39-34(21-12-6-3-7-13-21,22-14-8-4-9-15-22)23-16-10-5-11-17-23/h2-17,19,26,30,32H,1,18H2,(H,37,39)(H,38,42)(H,44,45)/t26?,30-/m0/s1. The number of amides is 2. The van der Waals surface area contributed by atoms with Crippen LogP contribution in [0.3, 0.4) is 0 Å². The average molecular weight is 688 g/mol. The Hall–Kier alpha value is -5.34. The summed E-state index contributed by atoms with van der Waals surface area (Å²) in [6, 6.07) is 28.0. The van der Waals surface area contributed by atoms with Crippen LogP contribution in [0.25, 0.3) is 0 Å². The number of carboxylic acid groups (broad SMARTS) is 1. The molecule has 1 saturated heterocycles. The number of alkyl halides is 2. The maximum atomic E-state index is 13.5. The van der Waals surface area contributed by atoms with Crippen molar-refractivity contribution in [2.24, 2.45) is 5.16 Å². The molecule has 3 N–H and O–H groups in total. The first-order valence-electron chi connectivity index (χ1n) is 14.5. The van der Waals surface area contributed by atoms with Gasteiger partial charge in [-0.05, 0) is 22.3 Å². The number of benzene rings is 3. The molecule has 14 heteroatoms. The van der Waals surface area contributed by atoms with E-state index in [9.17, 15) is 28.3 Å². The van der Waals surface area contributed by atoms with Gasteiger partial charge in [0.2, 0.25) is 0 Å². The molecule has 3 aromatic carbocycles. The van der Waals surface area contributed by atoms with Gasteiger partial charge in [0.1, 0.15) is 28.3 Å². The number of oxime groups is 1. The fourth-order valence-corrected chi connectivity index (χ4v) is 7.78. The third-order valence-corrected chi connectivity index (χ3v) is 9.89. The van der Waals surface area contributed by atoms with Crippen LogP contribution < -0.4 is 10.6 Å². The van der Waals surface area contributed by atoms with Gasteiger partial charge in [0, 0.05) is 11.1 Å². The largest absolute Gasteiger partial charge is 0.477 e. The van der Waals surface area contributed by atoms with E-state index in [-0.39, 0.29) is 17.1 Å². The lowest BCUT2D eigenvalue weighted by atomic mass is 9.77. The summed E-state index contributed by atoms with van der Waals surface area (Å²) in [4.78, 5) is 48.3. The molecule has 1 unspecified atom stereocenters. The molecular weight excluding hydrogens is 661 g/mol. The maximum Gasteiger partial charge on any atom is 0.407 e. The van der Waals surface area contributed by atoms with Crippen molar-refractivity contribution >= 4 is 51.7 Å². The minimum atomic E-state index is -3.33. The first kappa shape index (κ1) is 32.6. The first-order valence-corrected chi connectivity index (χ1v) is 16.4. The first-order chi connectivity index (χ1) is 23.2. The third kappa shape index (κ3) is 6.07. The molecule has 0 saturated carbocycles. The summed E-state index contributed by atoms with van der Waals surface area (Å²) in [6.07, 6.45) is 1.37. The third-order valence-electron chi connectivity index (χ3n) is 7.83. The van der Waals surface area contributed by atoms with E-state index in [1.807, 2.05) is 91.0 Å². The van der Waals surface area contributed by atoms with Crippen LogP contribution in [0.2, 0.25) is 0 Å². The number of allylic oxidation sites excluding steroid dienone is 1. The van der Waals surface area contributed by atoms with Crippen molar-refractivity contribution in [3.05, 3.63) is 143 Å². The SMILES string of the molecule is C=CC1=C(C(=O)O)N2C(=O)C(NC(=O)C(=NOC(F)F)c3csc(NC(c4ccccc4)(c4ccccc4)c4ccccc4)n3)[C@@H]2SC1. The zero-order chi connectivity index (χ0) is 33.8. The van der Waals surface area contributed by atoms with Gasteiger partial charge in [-0.3, -0.25) is 14.5 Å². The summed E-state index contributed by atoms with van der Waals surface area (Å²) < 4.78 is 26.3. The molecule has 0 radical (unpaired) electrons. The van der Waals surface area contributed by atoms with E-state index in [4.69, 9.17) is 0 Å². The van der Waals surface area contributed by atoms with Crippen LogP contribution in [0, 0.1) is 0 Å². The monoisotopic (exact) mass is 687 g/mol. The normalized spacial score (nSPS) is 17.8. The van der Waals surface area contributed by atoms with E-state index in [1.54, 1.807) is 0 Å². The Kier molecular flexibility index (Phi) is 9.37. The Morgan fingerprint density at radius 1 is 1.02 bits per heavy atom. The lowest BCUT2D eigenvalue weighted by Crippen LogP contribution is -2.71. The molecule has 48 heavy (non-hydrogen) atoms. The van der Waals surface area contributed by atoms with Gasteiger partial charge in [0.05, 0.1) is 0 Å². The highest BCUT2D eigenvalue weighted by Crippen LogP contribution is 2.42. The molecule has 2 aliphatic rings. The van der Waals surface area contributed by atoms with E-state index in [0.29, 0.717) is 10.7 Å². The van der Waals surface area contributed by atoms with Gasteiger partial charge in [-0.25, -0.2) is 9.78 Å². The molecule has 0 bridgehead atoms. The minimum Gasteiger partial charge on any atom is -0.477 e. The van der Waals surface area contributed by atoms with E-state index >= 15 is 0 Å². The zero-order valence-corrected chi connectivity index (χ0v) is 26.6. The van der Waals surface area contributed by atoms with Gasteiger partial charge in [-0.2, -0.15) is 8.78 Å². The summed E-state index contributed by atoms with van der Waals surface area (Å²) in [7, 11) is 0. The molecule has 244 valence electrons. The summed E-state index contributed by atoms with van der Waals surface area (Å²) >= 11 is 2.35. The van der Waals surface area contributed by atoms with Crippen LogP contribution in [0.4, 0.5) is 13.9 Å². The molecule has 1 aromatic heterocycles. The Morgan fingerprint density at radius 2 is 1.58 bits per heavy atom. The Balaban J connectivity index is 1.33. The number of fused-ring (bicyclic) bond motifs is 1. The lowest BCUT2D eigenvalue weighted by Gasteiger charge is -2.49. The van der Waals surface area contributed by atoms with Crippen molar-refractivity contribution in [2.45, 2.75) is 23.6 Å². The summed E-state index contributed by atoms with van der Waals surface area (Å²) in [5.74, 6) is -2.73. The van der Waals surface area contributed by atoms with E-state index < -0.39 is 47.1 Å². The number of halogens is 2. The molecule has 10 nitrogen and oxygen atoms in total. The predicted molar refractivity (Wildman–Crippen MR) is 178 cm³/mol. The second-order valence-electron chi connectivity index (χ2n) is 10.6. The number of anilines is 1. The number of carboxylic acids is 1. The predicted octanol–water partition coefficient (Wildman–Crippen LogP) is 5.42. The van der Waals surface area contributed by atoms with Gasteiger partial charge < -0.3 is 20.6 Å². The topological polar surface area (TPSA) is 133 Å². The van der Waals surface area contributed by atoms with E-state index in [2.05, 4.69) is 32.2 Å². The quantitative estimate of drug-likeness (QED) is 0.0780. The summed E-state index contributed by atoms with van der Waals surface area (Å²) in [5, 5.41) is 20.2. The molecule has 0 spiro atoms. The lowest BCUT2D eigenvalue weighted by molar-refractivity contribution is -0.150. The van der Waals surface area contributed by atoms with E-state index in [1.165, 1.54) is 23.2 Å². The molecule has 4 aromatic rings. The van der Waals surface area contributed by atoms with Gasteiger partial charge in [0.25, 0.3) is 11.8 Å². The fraction of sp³-hybridized carbons (Fsp3) is 0.147. The fourth-order valence-electron chi connectivity index (χ4n) is 5.69. The van der Waals surface area contributed by atoms with Gasteiger partial charge in [0.15, 0.2) is 10.8 Å². The van der Waals surface area contributed by atoms with Crippen LogP contribution in [0.5, 0.6) is 0 Å². The number of carbonyl (C=O) groups is 3. The van der Waals surface area contributed by atoms with Crippen LogP contribution in [0.1, 0.15) is 22.4 Å². The van der Waals surface area contributed by atoms with Crippen molar-refractivity contribution in [3.63, 3.8) is 0 Å². The van der Waals surface area contributed by atoms with Crippen molar-refractivity contribution in [3.8, 4) is 0 Å². The number of aliphatic carboxylic acids is 1. The highest BCUT2D eigenvalue weighted by atomic mass is 32.2. The molecular formula is C34H27F2N5O5S2. The molecule has 6 rings (SSSR count). The second kappa shape index (κ2) is 13.8. The molecule has 2 atom stereocenters. The number of hydrogen-bond acceptors (Lipinski definition) is 9. The number of hydrogen-bond donors (Lipinski definition) is 3. The van der Waals surface area contributed by atoms with Crippen molar-refractivity contribution in [2.75, 3.05) is 11.1 Å². The van der Waals surface area contributed by atoms with Crippen LogP contribution in [-0.4, -0.2) is 62.3 Å². The number of carbonyl (C=O) groups excluding carboxylic acids is 2. The molecule has 1 fully saturated rings. The average Bonchev–Trinajstić information content (AvgIpc) is 3.57. The molecule has 3 heterocycles. The minimum absolute atomic E-state index is 0.0799. The zero-order valence-electron chi connectivity index (χ0n) is 25.0. The number of aromatic nitrogens is 1. The van der Waals surface area contributed by atoms with Gasteiger partial charge in [-0.15, -0.1) is 23.1 Å². The Bertz CT molecular complexity index is 1810. The Morgan fingerprint density at radius 3 is 2.08 bits per heavy atom. The number of nitrogens with zero attached hydrogens (tertiary/aromatic N) is 3. The van der Waals surface area contributed by atoms with Crippen molar-refractivity contribution < 1.29 is 33.1 Å². The molecule has 2 aliphatic heterocycles. The van der Waals surface area contributed by atoms with Gasteiger partial charge >= 0.3 is 12.6 Å². The molecule has 0 aliphatic carbocycles. The summed E-state index contributed by atoms with van der Waals surface area (Å²) in [5.41, 5.74) is 1.19. The highest BCUT2D eigenvalue weighted by molar-refractivity contribution is 8.00. The van der Waals surface area contributed by atoms with Gasteiger partial charge in [-0.1, -0.05) is 109 Å². The molecule has 2 amide bonds. The van der Waals surface area contributed by atoms with Crippen LogP contribution in [-0.2, 0) is 24.8 Å². The maximum absolute atomic E-state index is 13.5. The van der Waals surface area contributed by atoms with Crippen molar-refractivity contribution in [1.29, 1.82) is 0 Å². The summed E-state index contributed by atoms with van der Waals surface area (Å²) in [6.45, 7) is 0.284. The number of rotatable bonds is 12. The van der Waals surface area contributed by atoms with Crippen LogP contribution in [0.15, 0.2) is 125 Å². The smallest absolute Gasteiger partial charge is 0.407 e. The number of thiazole rings is 1. The van der Waals surface area contributed by atoms with Crippen molar-refractivity contribution in [1.82, 2.24) is 15.2 Å². The van der Waals surface area contributed by atoms with Crippen LogP contribution >= 0.6 is 23.1 Å². The number of β-lactam (4-membered cyclic amide) rings is 1. The number of thioether (sulfide) groups is 1.